The number of likely N-dealkylation sites (N-methyl/N-ethyl adjacent to an activating group) is 1. The Morgan fingerprint density at radius 1 is 1.71 bits per heavy atom. The van der Waals surface area contributed by atoms with Crippen LogP contribution in [0.5, 0.6) is 0 Å². The van der Waals surface area contributed by atoms with E-state index in [1.165, 1.54) is 0 Å². The minimum atomic E-state index is 0.00107. The molecule has 1 aromatic heterocycles. The summed E-state index contributed by atoms with van der Waals surface area (Å²) < 4.78 is 0. The molecular weight excluding hydrogens is 198 g/mol. The van der Waals surface area contributed by atoms with Gasteiger partial charge in [-0.1, -0.05) is 6.92 Å². The predicted molar refractivity (Wildman–Crippen MR) is 57.2 cm³/mol. The third-order valence-corrected chi connectivity index (χ3v) is 2.69. The van der Waals surface area contributed by atoms with Gasteiger partial charge in [0.25, 0.3) is 0 Å². The molecule has 0 bridgehead atoms. The quantitative estimate of drug-likeness (QED) is 0.765. The Bertz CT molecular complexity index is 274. The molecule has 0 saturated heterocycles. The zero-order valence-corrected chi connectivity index (χ0v) is 9.23. The molecule has 0 aromatic carbocycles. The van der Waals surface area contributed by atoms with Crippen LogP contribution >= 0.6 is 11.3 Å². The van der Waals surface area contributed by atoms with Gasteiger partial charge >= 0.3 is 0 Å². The molecule has 4 nitrogen and oxygen atoms in total. The zero-order chi connectivity index (χ0) is 10.4. The number of thiazole rings is 1. The number of amides is 1. The van der Waals surface area contributed by atoms with Gasteiger partial charge in [-0.05, 0) is 13.5 Å². The van der Waals surface area contributed by atoms with Crippen molar-refractivity contribution in [2.24, 2.45) is 0 Å². The van der Waals surface area contributed by atoms with Crippen molar-refractivity contribution in [2.45, 2.75) is 19.9 Å². The summed E-state index contributed by atoms with van der Waals surface area (Å²) in [5.41, 5.74) is 0. The molecule has 1 aromatic rings. The maximum absolute atomic E-state index is 11.3. The van der Waals surface area contributed by atoms with Gasteiger partial charge in [0.1, 0.15) is 5.01 Å². The van der Waals surface area contributed by atoms with Gasteiger partial charge in [-0.3, -0.25) is 4.79 Å². The van der Waals surface area contributed by atoms with Gasteiger partial charge in [0, 0.05) is 11.6 Å². The first kappa shape index (κ1) is 11.1. The summed E-state index contributed by atoms with van der Waals surface area (Å²) in [7, 11) is 0. The number of hydrogen-bond acceptors (Lipinski definition) is 4. The van der Waals surface area contributed by atoms with Crippen molar-refractivity contribution >= 4 is 17.2 Å². The molecule has 0 radical (unpaired) electrons. The lowest BCUT2D eigenvalue weighted by Gasteiger charge is -2.10. The van der Waals surface area contributed by atoms with Gasteiger partial charge in [-0.15, -0.1) is 11.3 Å². The minimum Gasteiger partial charge on any atom is -0.346 e. The molecule has 0 spiro atoms. The Hall–Kier alpha value is -0.940. The first-order valence-electron chi connectivity index (χ1n) is 4.63. The molecule has 1 heterocycles. The highest BCUT2D eigenvalue weighted by atomic mass is 32.1. The number of hydrogen-bond donors (Lipinski definition) is 2. The van der Waals surface area contributed by atoms with E-state index in [9.17, 15) is 4.79 Å². The van der Waals surface area contributed by atoms with Crippen LogP contribution in [0.4, 0.5) is 0 Å². The topological polar surface area (TPSA) is 54.0 Å². The predicted octanol–water partition coefficient (Wildman–Crippen LogP) is 0.930. The van der Waals surface area contributed by atoms with E-state index in [4.69, 9.17) is 0 Å². The first-order valence-corrected chi connectivity index (χ1v) is 5.51. The molecule has 78 valence electrons. The number of carbonyl (C=O) groups is 1. The molecule has 0 fully saturated rings. The molecule has 1 atom stereocenters. The average molecular weight is 213 g/mol. The Morgan fingerprint density at radius 3 is 3.07 bits per heavy atom. The second kappa shape index (κ2) is 5.72. The highest BCUT2D eigenvalue weighted by Gasteiger charge is 2.10. The fraction of sp³-hybridized carbons (Fsp3) is 0.556. The number of nitrogens with one attached hydrogen (secondary N) is 2. The summed E-state index contributed by atoms with van der Waals surface area (Å²) in [5, 5.41) is 8.68. The molecule has 2 N–H and O–H groups in total. The number of nitrogens with zero attached hydrogens (tertiary/aromatic N) is 1. The van der Waals surface area contributed by atoms with Gasteiger partial charge in [-0.25, -0.2) is 4.98 Å². The van der Waals surface area contributed by atoms with E-state index in [2.05, 4.69) is 15.6 Å². The first-order chi connectivity index (χ1) is 6.74. The van der Waals surface area contributed by atoms with E-state index in [-0.39, 0.29) is 11.9 Å². The van der Waals surface area contributed by atoms with Gasteiger partial charge in [0.05, 0.1) is 12.6 Å². The van der Waals surface area contributed by atoms with Crippen LogP contribution in [0.3, 0.4) is 0 Å². The van der Waals surface area contributed by atoms with Crippen LogP contribution in [0.2, 0.25) is 0 Å². The summed E-state index contributed by atoms with van der Waals surface area (Å²) >= 11 is 1.55. The SMILES string of the molecule is CCNCC(=O)NC(C)c1nccs1. The minimum absolute atomic E-state index is 0.00107. The standard InChI is InChI=1S/C9H15N3OS/c1-3-10-6-8(13)12-7(2)9-11-4-5-14-9/h4-5,7,10H,3,6H2,1-2H3,(H,12,13). The van der Waals surface area contributed by atoms with E-state index >= 15 is 0 Å². The molecule has 5 heteroatoms. The van der Waals surface area contributed by atoms with Crippen LogP contribution in [0.25, 0.3) is 0 Å². The van der Waals surface area contributed by atoms with Crippen LogP contribution in [0, 0.1) is 0 Å². The Morgan fingerprint density at radius 2 is 2.50 bits per heavy atom. The highest BCUT2D eigenvalue weighted by molar-refractivity contribution is 7.09. The Balaban J connectivity index is 2.33. The lowest BCUT2D eigenvalue weighted by molar-refractivity contribution is -0.120. The van der Waals surface area contributed by atoms with Crippen molar-refractivity contribution < 1.29 is 4.79 Å². The van der Waals surface area contributed by atoms with Crippen molar-refractivity contribution in [1.82, 2.24) is 15.6 Å². The van der Waals surface area contributed by atoms with Crippen molar-refractivity contribution in [2.75, 3.05) is 13.1 Å². The van der Waals surface area contributed by atoms with E-state index < -0.39 is 0 Å². The summed E-state index contributed by atoms with van der Waals surface area (Å²) in [6.07, 6.45) is 1.74. The van der Waals surface area contributed by atoms with E-state index in [0.29, 0.717) is 6.54 Å². The Kier molecular flexibility index (Phi) is 4.55. The van der Waals surface area contributed by atoms with Crippen LogP contribution in [-0.2, 0) is 4.79 Å². The summed E-state index contributed by atoms with van der Waals surface area (Å²) in [6, 6.07) is 0.00107. The fourth-order valence-electron chi connectivity index (χ4n) is 1.04. The second-order valence-electron chi connectivity index (χ2n) is 2.94. The lowest BCUT2D eigenvalue weighted by atomic mass is 10.3. The van der Waals surface area contributed by atoms with Crippen LogP contribution in [-0.4, -0.2) is 24.0 Å². The van der Waals surface area contributed by atoms with Crippen molar-refractivity contribution in [3.8, 4) is 0 Å². The molecule has 1 unspecified atom stereocenters. The lowest BCUT2D eigenvalue weighted by Crippen LogP contribution is -2.35. The molecule has 0 aliphatic rings. The van der Waals surface area contributed by atoms with Crippen molar-refractivity contribution in [3.05, 3.63) is 16.6 Å². The third-order valence-electron chi connectivity index (χ3n) is 1.73. The maximum Gasteiger partial charge on any atom is 0.234 e. The second-order valence-corrected chi connectivity index (χ2v) is 3.87. The highest BCUT2D eigenvalue weighted by Crippen LogP contribution is 2.13. The average Bonchev–Trinajstić information content (AvgIpc) is 2.67. The normalized spacial score (nSPS) is 12.4. The van der Waals surface area contributed by atoms with Gasteiger partial charge in [0.15, 0.2) is 0 Å². The zero-order valence-electron chi connectivity index (χ0n) is 8.41. The molecule has 0 aliphatic heterocycles. The summed E-state index contributed by atoms with van der Waals surface area (Å²) in [6.45, 7) is 5.07. The molecule has 1 amide bonds. The van der Waals surface area contributed by atoms with Crippen LogP contribution < -0.4 is 10.6 Å². The van der Waals surface area contributed by atoms with Crippen LogP contribution in [0.1, 0.15) is 24.9 Å². The fourth-order valence-corrected chi connectivity index (χ4v) is 1.69. The largest absolute Gasteiger partial charge is 0.346 e. The van der Waals surface area contributed by atoms with E-state index in [1.807, 2.05) is 19.2 Å². The molecule has 14 heavy (non-hydrogen) atoms. The summed E-state index contributed by atoms with van der Waals surface area (Å²) in [5.74, 6) is 0.00884. The number of aromatic nitrogens is 1. The van der Waals surface area contributed by atoms with Gasteiger partial charge < -0.3 is 10.6 Å². The molecule has 1 rings (SSSR count). The number of carbonyl (C=O) groups excluding carboxylic acids is 1. The molecule has 0 saturated carbocycles. The number of rotatable bonds is 5. The van der Waals surface area contributed by atoms with Crippen molar-refractivity contribution in [3.63, 3.8) is 0 Å². The monoisotopic (exact) mass is 213 g/mol. The van der Waals surface area contributed by atoms with Crippen molar-refractivity contribution in [1.29, 1.82) is 0 Å². The summed E-state index contributed by atoms with van der Waals surface area (Å²) in [4.78, 5) is 15.4. The molecular formula is C9H15N3OS. The maximum atomic E-state index is 11.3. The van der Waals surface area contributed by atoms with Gasteiger partial charge in [-0.2, -0.15) is 0 Å². The van der Waals surface area contributed by atoms with E-state index in [1.54, 1.807) is 17.5 Å². The third kappa shape index (κ3) is 3.43. The van der Waals surface area contributed by atoms with Crippen LogP contribution in [0.15, 0.2) is 11.6 Å². The molecule has 0 aliphatic carbocycles. The van der Waals surface area contributed by atoms with E-state index in [0.717, 1.165) is 11.6 Å². The Labute approximate surface area is 87.7 Å². The van der Waals surface area contributed by atoms with Gasteiger partial charge in [0.2, 0.25) is 5.91 Å². The smallest absolute Gasteiger partial charge is 0.234 e.